The van der Waals surface area contributed by atoms with Crippen LogP contribution in [0.3, 0.4) is 0 Å². The zero-order valence-electron chi connectivity index (χ0n) is 15.1. The molecule has 1 aromatic carbocycles. The van der Waals surface area contributed by atoms with Gasteiger partial charge in [-0.25, -0.2) is 5.43 Å². The summed E-state index contributed by atoms with van der Waals surface area (Å²) in [6.45, 7) is 10.1. The molecular weight excluding hydrogens is 340 g/mol. The topological polar surface area (TPSA) is 68.5 Å². The molecule has 0 atom stereocenters. The van der Waals surface area contributed by atoms with Crippen molar-refractivity contribution in [1.82, 2.24) is 15.2 Å². The molecule has 0 saturated carbocycles. The van der Waals surface area contributed by atoms with Gasteiger partial charge >= 0.3 is 0 Å². The Hall–Kier alpha value is -2.34. The number of hydrazone groups is 1. The number of nitrogens with one attached hydrogen (secondary N) is 1. The standard InChI is InChI=1S/C18H23ClN4O2/c1-6-23-13(3)16(12(2)22-23)11-20-21-17(24)18(4,5)25-15-9-7-14(19)8-10-15/h7-11H,6H2,1-5H3,(H,21,24)/b20-11+. The number of aromatic nitrogens is 2. The first-order valence-corrected chi connectivity index (χ1v) is 8.44. The Morgan fingerprint density at radius 2 is 2.00 bits per heavy atom. The first kappa shape index (κ1) is 19.0. The molecule has 0 aliphatic carbocycles. The Morgan fingerprint density at radius 3 is 2.56 bits per heavy atom. The van der Waals surface area contributed by atoms with Crippen LogP contribution < -0.4 is 10.2 Å². The Balaban J connectivity index is 2.03. The minimum atomic E-state index is -1.08. The van der Waals surface area contributed by atoms with Crippen LogP contribution in [0, 0.1) is 13.8 Å². The Morgan fingerprint density at radius 1 is 1.36 bits per heavy atom. The van der Waals surface area contributed by atoms with Gasteiger partial charge in [-0.2, -0.15) is 10.2 Å². The van der Waals surface area contributed by atoms with Gasteiger partial charge in [-0.3, -0.25) is 9.48 Å². The lowest BCUT2D eigenvalue weighted by Crippen LogP contribution is -2.44. The summed E-state index contributed by atoms with van der Waals surface area (Å²) in [5, 5.41) is 9.08. The van der Waals surface area contributed by atoms with Crippen LogP contribution in [0.2, 0.25) is 5.02 Å². The van der Waals surface area contributed by atoms with Crippen LogP contribution >= 0.6 is 11.6 Å². The van der Waals surface area contributed by atoms with Gasteiger partial charge in [0.25, 0.3) is 5.91 Å². The predicted octanol–water partition coefficient (Wildman–Crippen LogP) is 3.48. The summed E-state index contributed by atoms with van der Waals surface area (Å²) in [5.74, 6) is 0.210. The number of ether oxygens (including phenoxy) is 1. The molecule has 1 aromatic heterocycles. The van der Waals surface area contributed by atoms with E-state index in [4.69, 9.17) is 16.3 Å². The third-order valence-corrected chi connectivity index (χ3v) is 4.08. The van der Waals surface area contributed by atoms with Crippen molar-refractivity contribution in [3.63, 3.8) is 0 Å². The van der Waals surface area contributed by atoms with E-state index >= 15 is 0 Å². The van der Waals surface area contributed by atoms with Gasteiger partial charge in [0.05, 0.1) is 11.9 Å². The zero-order valence-corrected chi connectivity index (χ0v) is 15.9. The molecular formula is C18H23ClN4O2. The molecule has 0 aliphatic heterocycles. The SMILES string of the molecule is CCn1nc(C)c(/C=N/NC(=O)C(C)(C)Oc2ccc(Cl)cc2)c1C. The molecule has 25 heavy (non-hydrogen) atoms. The summed E-state index contributed by atoms with van der Waals surface area (Å²) in [7, 11) is 0. The van der Waals surface area contributed by atoms with Gasteiger partial charge < -0.3 is 4.74 Å². The number of carbonyl (C=O) groups is 1. The van der Waals surface area contributed by atoms with E-state index < -0.39 is 5.60 Å². The molecule has 1 heterocycles. The number of halogens is 1. The number of hydrogen-bond acceptors (Lipinski definition) is 4. The van der Waals surface area contributed by atoms with E-state index in [1.807, 2.05) is 25.5 Å². The monoisotopic (exact) mass is 362 g/mol. The average molecular weight is 363 g/mol. The minimum Gasteiger partial charge on any atom is -0.478 e. The summed E-state index contributed by atoms with van der Waals surface area (Å²) in [4.78, 5) is 12.4. The largest absolute Gasteiger partial charge is 0.478 e. The second-order valence-corrected chi connectivity index (χ2v) is 6.60. The van der Waals surface area contributed by atoms with Crippen molar-refractivity contribution in [2.24, 2.45) is 5.10 Å². The molecule has 1 amide bonds. The zero-order chi connectivity index (χ0) is 18.6. The highest BCUT2D eigenvalue weighted by molar-refractivity contribution is 6.30. The van der Waals surface area contributed by atoms with E-state index in [2.05, 4.69) is 15.6 Å². The molecule has 1 N–H and O–H groups in total. The van der Waals surface area contributed by atoms with Crippen LogP contribution in [0.25, 0.3) is 0 Å². The number of amides is 1. The highest BCUT2D eigenvalue weighted by Crippen LogP contribution is 2.21. The number of benzene rings is 1. The maximum Gasteiger partial charge on any atom is 0.283 e. The Labute approximate surface area is 152 Å². The second-order valence-electron chi connectivity index (χ2n) is 6.17. The smallest absolute Gasteiger partial charge is 0.283 e. The molecule has 0 spiro atoms. The van der Waals surface area contributed by atoms with Crippen LogP contribution in [0.15, 0.2) is 29.4 Å². The van der Waals surface area contributed by atoms with Gasteiger partial charge in [-0.05, 0) is 58.9 Å². The van der Waals surface area contributed by atoms with E-state index in [1.54, 1.807) is 44.3 Å². The van der Waals surface area contributed by atoms with Crippen molar-refractivity contribution in [1.29, 1.82) is 0 Å². The normalized spacial score (nSPS) is 11.8. The fourth-order valence-corrected chi connectivity index (χ4v) is 2.47. The first-order valence-electron chi connectivity index (χ1n) is 8.06. The molecule has 7 heteroatoms. The second kappa shape index (κ2) is 7.70. The fraction of sp³-hybridized carbons (Fsp3) is 0.389. The lowest BCUT2D eigenvalue weighted by molar-refractivity contribution is -0.134. The van der Waals surface area contributed by atoms with Crippen molar-refractivity contribution in [2.45, 2.75) is 46.8 Å². The number of hydrogen-bond donors (Lipinski definition) is 1. The van der Waals surface area contributed by atoms with Crippen LogP contribution in [0.4, 0.5) is 0 Å². The van der Waals surface area contributed by atoms with Gasteiger partial charge in [0.15, 0.2) is 5.60 Å². The lowest BCUT2D eigenvalue weighted by Gasteiger charge is -2.24. The minimum absolute atomic E-state index is 0.350. The first-order chi connectivity index (χ1) is 11.7. The van der Waals surface area contributed by atoms with E-state index in [9.17, 15) is 4.79 Å². The van der Waals surface area contributed by atoms with Crippen molar-refractivity contribution in [2.75, 3.05) is 0 Å². The van der Waals surface area contributed by atoms with E-state index in [-0.39, 0.29) is 5.91 Å². The average Bonchev–Trinajstić information content (AvgIpc) is 2.84. The molecule has 0 saturated heterocycles. The molecule has 134 valence electrons. The highest BCUT2D eigenvalue weighted by atomic mass is 35.5. The number of aryl methyl sites for hydroxylation is 2. The van der Waals surface area contributed by atoms with Crippen molar-refractivity contribution < 1.29 is 9.53 Å². The summed E-state index contributed by atoms with van der Waals surface area (Å²) in [6.07, 6.45) is 1.61. The molecule has 0 radical (unpaired) electrons. The van der Waals surface area contributed by atoms with E-state index in [0.717, 1.165) is 23.5 Å². The van der Waals surface area contributed by atoms with E-state index in [1.165, 1.54) is 0 Å². The maximum absolute atomic E-state index is 12.4. The molecule has 2 rings (SSSR count). The van der Waals surface area contributed by atoms with Crippen LogP contribution in [0.1, 0.15) is 37.7 Å². The molecule has 0 fully saturated rings. The summed E-state index contributed by atoms with van der Waals surface area (Å²) < 4.78 is 7.62. The predicted molar refractivity (Wildman–Crippen MR) is 99.3 cm³/mol. The summed E-state index contributed by atoms with van der Waals surface area (Å²) >= 11 is 5.85. The molecule has 2 aromatic rings. The highest BCUT2D eigenvalue weighted by Gasteiger charge is 2.29. The van der Waals surface area contributed by atoms with Crippen LogP contribution in [-0.4, -0.2) is 27.5 Å². The summed E-state index contributed by atoms with van der Waals surface area (Å²) in [6, 6.07) is 6.85. The Kier molecular flexibility index (Phi) is 5.85. The number of nitrogens with zero attached hydrogens (tertiary/aromatic N) is 3. The van der Waals surface area contributed by atoms with Gasteiger partial charge in [0, 0.05) is 22.8 Å². The fourth-order valence-electron chi connectivity index (χ4n) is 2.34. The molecule has 0 aliphatic rings. The third kappa shape index (κ3) is 4.60. The third-order valence-electron chi connectivity index (χ3n) is 3.83. The van der Waals surface area contributed by atoms with Gasteiger partial charge in [-0.15, -0.1) is 0 Å². The van der Waals surface area contributed by atoms with Gasteiger partial charge in [0.2, 0.25) is 0 Å². The molecule has 6 nitrogen and oxygen atoms in total. The maximum atomic E-state index is 12.4. The van der Waals surface area contributed by atoms with Crippen LogP contribution in [0.5, 0.6) is 5.75 Å². The van der Waals surface area contributed by atoms with Gasteiger partial charge in [-0.1, -0.05) is 11.6 Å². The molecule has 0 unspecified atom stereocenters. The van der Waals surface area contributed by atoms with E-state index in [0.29, 0.717) is 10.8 Å². The number of carbonyl (C=O) groups excluding carboxylic acids is 1. The van der Waals surface area contributed by atoms with Crippen molar-refractivity contribution >= 4 is 23.7 Å². The van der Waals surface area contributed by atoms with Crippen LogP contribution in [-0.2, 0) is 11.3 Å². The molecule has 0 bridgehead atoms. The van der Waals surface area contributed by atoms with Crippen molar-refractivity contribution in [3.05, 3.63) is 46.2 Å². The van der Waals surface area contributed by atoms with Crippen molar-refractivity contribution in [3.8, 4) is 5.75 Å². The van der Waals surface area contributed by atoms with Gasteiger partial charge in [0.1, 0.15) is 5.75 Å². The quantitative estimate of drug-likeness (QED) is 0.631. The summed E-state index contributed by atoms with van der Waals surface area (Å²) in [5.41, 5.74) is 4.23. The lowest BCUT2D eigenvalue weighted by atomic mass is 10.1. The number of rotatable bonds is 6. The Bertz CT molecular complexity index is 779.